The minimum Gasteiger partial charge on any atom is -0.492 e. The van der Waals surface area contributed by atoms with Gasteiger partial charge in [-0.2, -0.15) is 0 Å². The van der Waals surface area contributed by atoms with E-state index in [-0.39, 0.29) is 12.5 Å². The molecule has 2 N–H and O–H groups in total. The van der Waals surface area contributed by atoms with Crippen LogP contribution in [0.15, 0.2) is 68.4 Å². The molecule has 4 rings (SSSR count). The van der Waals surface area contributed by atoms with Gasteiger partial charge in [-0.25, -0.2) is 9.78 Å². The summed E-state index contributed by atoms with van der Waals surface area (Å²) in [4.78, 5) is 17.8. The summed E-state index contributed by atoms with van der Waals surface area (Å²) in [6.07, 6.45) is 8.29. The van der Waals surface area contributed by atoms with Gasteiger partial charge < -0.3 is 23.4 Å². The lowest BCUT2D eigenvalue weighted by molar-refractivity contribution is 0.266. The number of nitrogens with zero attached hydrogens (tertiary/aromatic N) is 1. The van der Waals surface area contributed by atoms with E-state index in [1.54, 1.807) is 6.26 Å². The van der Waals surface area contributed by atoms with Gasteiger partial charge in [0.25, 0.3) is 0 Å². The van der Waals surface area contributed by atoms with Crippen LogP contribution in [-0.2, 0) is 19.4 Å². The number of benzene rings is 2. The monoisotopic (exact) mass is 476 g/mol. The van der Waals surface area contributed by atoms with E-state index in [0.29, 0.717) is 41.9 Å². The van der Waals surface area contributed by atoms with E-state index in [1.165, 1.54) is 0 Å². The number of nitrogens with one attached hydrogen (secondary N) is 1. The molecular formula is C27H28N2O6. The first-order valence-corrected chi connectivity index (χ1v) is 11.6. The number of unbranched alkanes of at least 4 members (excludes halogenated alkanes) is 1. The summed E-state index contributed by atoms with van der Waals surface area (Å²) in [6, 6.07) is 15.8. The van der Waals surface area contributed by atoms with Crippen molar-refractivity contribution in [2.24, 2.45) is 0 Å². The number of rotatable bonds is 12. The molecule has 2 aromatic heterocycles. The molecule has 182 valence electrons. The first-order valence-electron chi connectivity index (χ1n) is 11.6. The maximum Gasteiger partial charge on any atom is 0.419 e. The average Bonchev–Trinajstić information content (AvgIpc) is 3.45. The summed E-state index contributed by atoms with van der Waals surface area (Å²) in [5.41, 5.74) is 2.86. The highest BCUT2D eigenvalue weighted by molar-refractivity contribution is 5.65. The van der Waals surface area contributed by atoms with Crippen molar-refractivity contribution in [1.82, 2.24) is 9.97 Å². The molecule has 0 bridgehead atoms. The first-order chi connectivity index (χ1) is 17.1. The van der Waals surface area contributed by atoms with E-state index >= 15 is 0 Å². The Hall–Kier alpha value is -4.20. The zero-order chi connectivity index (χ0) is 24.5. The SMILES string of the molecule is CCOc1cc(CCCCc2oc(=O)[nH]c2O)ccc1OCc1coc(C=Cc2ccccc2)n1. The van der Waals surface area contributed by atoms with Crippen molar-refractivity contribution in [3.63, 3.8) is 0 Å². The van der Waals surface area contributed by atoms with Crippen LogP contribution in [0.4, 0.5) is 0 Å². The van der Waals surface area contributed by atoms with E-state index in [2.05, 4.69) is 9.97 Å². The van der Waals surface area contributed by atoms with Crippen LogP contribution in [0.2, 0.25) is 0 Å². The lowest BCUT2D eigenvalue weighted by Gasteiger charge is -2.13. The Kier molecular flexibility index (Phi) is 8.06. The van der Waals surface area contributed by atoms with Crippen molar-refractivity contribution in [3.05, 3.63) is 93.8 Å². The molecule has 0 saturated heterocycles. The van der Waals surface area contributed by atoms with Crippen molar-refractivity contribution in [2.75, 3.05) is 6.61 Å². The Morgan fingerprint density at radius 1 is 1.03 bits per heavy atom. The molecule has 0 spiro atoms. The van der Waals surface area contributed by atoms with Gasteiger partial charge in [-0.15, -0.1) is 0 Å². The Morgan fingerprint density at radius 2 is 1.86 bits per heavy atom. The second kappa shape index (κ2) is 11.8. The minimum absolute atomic E-state index is 0.193. The van der Waals surface area contributed by atoms with Crippen LogP contribution >= 0.6 is 0 Å². The quantitative estimate of drug-likeness (QED) is 0.264. The summed E-state index contributed by atoms with van der Waals surface area (Å²) >= 11 is 0. The Bertz CT molecular complexity index is 1300. The van der Waals surface area contributed by atoms with Crippen LogP contribution in [-0.4, -0.2) is 21.7 Å². The highest BCUT2D eigenvalue weighted by Gasteiger charge is 2.11. The van der Waals surface area contributed by atoms with Gasteiger partial charge in [0, 0.05) is 12.5 Å². The van der Waals surface area contributed by atoms with Gasteiger partial charge >= 0.3 is 5.76 Å². The van der Waals surface area contributed by atoms with Crippen LogP contribution < -0.4 is 15.2 Å². The molecule has 0 fully saturated rings. The van der Waals surface area contributed by atoms with Crippen LogP contribution in [0.3, 0.4) is 0 Å². The largest absolute Gasteiger partial charge is 0.492 e. The Morgan fingerprint density at radius 3 is 2.63 bits per heavy atom. The lowest BCUT2D eigenvalue weighted by Crippen LogP contribution is -2.01. The third kappa shape index (κ3) is 6.89. The maximum absolute atomic E-state index is 11.1. The number of hydrogen-bond donors (Lipinski definition) is 2. The molecule has 0 amide bonds. The molecule has 0 atom stereocenters. The molecule has 8 heteroatoms. The number of oxazole rings is 2. The fourth-order valence-electron chi connectivity index (χ4n) is 3.58. The molecule has 4 aromatic rings. The predicted octanol–water partition coefficient (Wildman–Crippen LogP) is 5.38. The fraction of sp³-hybridized carbons (Fsp3) is 0.259. The van der Waals surface area contributed by atoms with E-state index < -0.39 is 5.76 Å². The number of aromatic amines is 1. The average molecular weight is 477 g/mol. The zero-order valence-corrected chi connectivity index (χ0v) is 19.5. The van der Waals surface area contributed by atoms with Crippen molar-refractivity contribution in [2.45, 2.75) is 39.2 Å². The van der Waals surface area contributed by atoms with Crippen LogP contribution in [0.5, 0.6) is 17.4 Å². The van der Waals surface area contributed by atoms with E-state index in [0.717, 1.165) is 30.4 Å². The van der Waals surface area contributed by atoms with E-state index in [4.69, 9.17) is 18.3 Å². The molecule has 0 aliphatic heterocycles. The molecule has 0 radical (unpaired) electrons. The normalized spacial score (nSPS) is 11.2. The van der Waals surface area contributed by atoms with Crippen LogP contribution in [0.25, 0.3) is 12.2 Å². The first kappa shape index (κ1) is 23.9. The molecule has 2 aromatic carbocycles. The highest BCUT2D eigenvalue weighted by atomic mass is 16.5. The van der Waals surface area contributed by atoms with Crippen molar-refractivity contribution >= 4 is 12.2 Å². The predicted molar refractivity (Wildman–Crippen MR) is 131 cm³/mol. The number of ether oxygens (including phenoxy) is 2. The van der Waals surface area contributed by atoms with Gasteiger partial charge in [0.15, 0.2) is 17.3 Å². The third-order valence-electron chi connectivity index (χ3n) is 5.29. The molecule has 0 aliphatic carbocycles. The smallest absolute Gasteiger partial charge is 0.419 e. The number of aromatic nitrogens is 2. The number of H-pyrrole nitrogens is 1. The molecule has 35 heavy (non-hydrogen) atoms. The third-order valence-corrected chi connectivity index (χ3v) is 5.29. The molecule has 8 nitrogen and oxygen atoms in total. The van der Waals surface area contributed by atoms with Gasteiger partial charge in [0.05, 0.1) is 6.61 Å². The van der Waals surface area contributed by atoms with Crippen molar-refractivity contribution < 1.29 is 23.4 Å². The topological polar surface area (TPSA) is 111 Å². The number of hydrogen-bond acceptors (Lipinski definition) is 7. The molecule has 0 aliphatic rings. The second-order valence-electron chi connectivity index (χ2n) is 7.92. The molecule has 0 unspecified atom stereocenters. The summed E-state index contributed by atoms with van der Waals surface area (Å²) in [7, 11) is 0. The number of aryl methyl sites for hydroxylation is 2. The summed E-state index contributed by atoms with van der Waals surface area (Å²) in [5.74, 6) is 1.29. The zero-order valence-electron chi connectivity index (χ0n) is 19.5. The minimum atomic E-state index is -0.639. The van der Waals surface area contributed by atoms with Gasteiger partial charge in [-0.05, 0) is 55.5 Å². The van der Waals surface area contributed by atoms with Gasteiger partial charge in [-0.1, -0.05) is 36.4 Å². The van der Waals surface area contributed by atoms with Gasteiger partial charge in [0.2, 0.25) is 11.8 Å². The van der Waals surface area contributed by atoms with Crippen LogP contribution in [0, 0.1) is 0 Å². The highest BCUT2D eigenvalue weighted by Crippen LogP contribution is 2.30. The lowest BCUT2D eigenvalue weighted by atomic mass is 10.1. The summed E-state index contributed by atoms with van der Waals surface area (Å²) in [5, 5.41) is 9.59. The second-order valence-corrected chi connectivity index (χ2v) is 7.92. The Labute approximate surface area is 202 Å². The number of aromatic hydroxyl groups is 1. The summed E-state index contributed by atoms with van der Waals surface area (Å²) in [6.45, 7) is 2.70. The molecule has 0 saturated carbocycles. The van der Waals surface area contributed by atoms with Gasteiger partial charge in [0.1, 0.15) is 18.6 Å². The molecular weight excluding hydrogens is 448 g/mol. The van der Waals surface area contributed by atoms with Gasteiger partial charge in [-0.3, -0.25) is 4.98 Å². The molecule has 2 heterocycles. The van der Waals surface area contributed by atoms with E-state index in [9.17, 15) is 9.90 Å². The summed E-state index contributed by atoms with van der Waals surface area (Å²) < 4.78 is 22.2. The van der Waals surface area contributed by atoms with Crippen molar-refractivity contribution in [1.29, 1.82) is 0 Å². The van der Waals surface area contributed by atoms with Crippen molar-refractivity contribution in [3.8, 4) is 17.4 Å². The van der Waals surface area contributed by atoms with Crippen LogP contribution in [0.1, 0.15) is 48.2 Å². The maximum atomic E-state index is 11.1. The Balaban J connectivity index is 1.30. The van der Waals surface area contributed by atoms with E-state index in [1.807, 2.05) is 67.6 Å². The standard InChI is InChI=1S/C27H28N2O6/c1-2-32-24-16-20(10-6-7-11-23-26(30)29-27(31)35-23)12-14-22(24)33-17-21-18-34-25(28-21)15-13-19-8-4-3-5-9-19/h3-5,8-9,12-16,18,30H,2,6-7,10-11,17H2,1H3,(H,29,31). The fourth-order valence-corrected chi connectivity index (χ4v) is 3.58.